The lowest BCUT2D eigenvalue weighted by Crippen LogP contribution is -2.08. The minimum Gasteiger partial charge on any atom is -0.497 e. The van der Waals surface area contributed by atoms with E-state index in [1.54, 1.807) is 19.2 Å². The Bertz CT molecular complexity index is 555. The molecule has 0 radical (unpaired) electrons. The maximum Gasteiger partial charge on any atom is 0.148 e. The maximum atomic E-state index is 13.7. The van der Waals surface area contributed by atoms with Crippen molar-refractivity contribution in [3.05, 3.63) is 53.8 Å². The summed E-state index contributed by atoms with van der Waals surface area (Å²) in [7, 11) is 1.63. The van der Waals surface area contributed by atoms with Crippen LogP contribution in [0.2, 0.25) is 0 Å². The molecule has 19 heavy (non-hydrogen) atoms. The van der Waals surface area contributed by atoms with Gasteiger partial charge in [-0.2, -0.15) is 0 Å². The molecule has 4 heteroatoms. The summed E-state index contributed by atoms with van der Waals surface area (Å²) in [6.07, 6.45) is 0. The van der Waals surface area contributed by atoms with Crippen LogP contribution in [-0.4, -0.2) is 7.11 Å². The van der Waals surface area contributed by atoms with Gasteiger partial charge in [0, 0.05) is 11.7 Å². The summed E-state index contributed by atoms with van der Waals surface area (Å²) in [5.74, 6) is 0.454. The SMILES string of the molecule is COc1ccc(C(C)Nc2ccc(N)cc2F)cc1. The fourth-order valence-corrected chi connectivity index (χ4v) is 1.86. The average Bonchev–Trinajstić information content (AvgIpc) is 2.42. The monoisotopic (exact) mass is 260 g/mol. The van der Waals surface area contributed by atoms with Gasteiger partial charge < -0.3 is 15.8 Å². The smallest absolute Gasteiger partial charge is 0.148 e. The third-order valence-electron chi connectivity index (χ3n) is 2.98. The van der Waals surface area contributed by atoms with Crippen LogP contribution < -0.4 is 15.8 Å². The lowest BCUT2D eigenvalue weighted by molar-refractivity contribution is 0.414. The zero-order chi connectivity index (χ0) is 13.8. The number of hydrogen-bond acceptors (Lipinski definition) is 3. The molecule has 0 saturated heterocycles. The van der Waals surface area contributed by atoms with Crippen LogP contribution in [-0.2, 0) is 0 Å². The van der Waals surface area contributed by atoms with Crippen LogP contribution in [0.3, 0.4) is 0 Å². The molecule has 1 atom stereocenters. The Morgan fingerprint density at radius 3 is 2.42 bits per heavy atom. The Morgan fingerprint density at radius 2 is 1.84 bits per heavy atom. The van der Waals surface area contributed by atoms with E-state index in [0.717, 1.165) is 11.3 Å². The van der Waals surface area contributed by atoms with Gasteiger partial charge in [0.15, 0.2) is 0 Å². The van der Waals surface area contributed by atoms with E-state index in [9.17, 15) is 4.39 Å². The number of hydrogen-bond donors (Lipinski definition) is 2. The van der Waals surface area contributed by atoms with Gasteiger partial charge in [-0.15, -0.1) is 0 Å². The van der Waals surface area contributed by atoms with Crippen molar-refractivity contribution in [1.82, 2.24) is 0 Å². The Morgan fingerprint density at radius 1 is 1.16 bits per heavy atom. The highest BCUT2D eigenvalue weighted by atomic mass is 19.1. The van der Waals surface area contributed by atoms with Gasteiger partial charge in [-0.1, -0.05) is 12.1 Å². The first-order valence-corrected chi connectivity index (χ1v) is 6.05. The second-order valence-electron chi connectivity index (χ2n) is 4.38. The van der Waals surface area contributed by atoms with Crippen molar-refractivity contribution in [3.63, 3.8) is 0 Å². The van der Waals surface area contributed by atoms with Crippen LogP contribution in [0.1, 0.15) is 18.5 Å². The standard InChI is InChI=1S/C15H17FN2O/c1-10(11-3-6-13(19-2)7-4-11)18-15-8-5-12(17)9-14(15)16/h3-10,18H,17H2,1-2H3. The molecule has 0 aliphatic heterocycles. The number of rotatable bonds is 4. The van der Waals surface area contributed by atoms with Gasteiger partial charge in [-0.3, -0.25) is 0 Å². The number of nitrogens with two attached hydrogens (primary N) is 1. The van der Waals surface area contributed by atoms with E-state index in [2.05, 4.69) is 5.32 Å². The molecule has 2 aromatic rings. The van der Waals surface area contributed by atoms with Crippen molar-refractivity contribution >= 4 is 11.4 Å². The highest BCUT2D eigenvalue weighted by Gasteiger charge is 2.08. The molecule has 1 unspecified atom stereocenters. The predicted octanol–water partition coefficient (Wildman–Crippen LogP) is 3.59. The molecule has 0 saturated carbocycles. The van der Waals surface area contributed by atoms with Crippen LogP contribution in [0.4, 0.5) is 15.8 Å². The zero-order valence-electron chi connectivity index (χ0n) is 11.0. The number of anilines is 2. The van der Waals surface area contributed by atoms with Crippen LogP contribution in [0.5, 0.6) is 5.75 Å². The molecule has 0 amide bonds. The Labute approximate surface area is 112 Å². The first-order valence-electron chi connectivity index (χ1n) is 6.05. The van der Waals surface area contributed by atoms with E-state index in [-0.39, 0.29) is 11.9 Å². The fraction of sp³-hybridized carbons (Fsp3) is 0.200. The highest BCUT2D eigenvalue weighted by Crippen LogP contribution is 2.24. The summed E-state index contributed by atoms with van der Waals surface area (Å²) >= 11 is 0. The van der Waals surface area contributed by atoms with Crippen LogP contribution in [0, 0.1) is 5.82 Å². The lowest BCUT2D eigenvalue weighted by atomic mass is 10.1. The van der Waals surface area contributed by atoms with Gasteiger partial charge >= 0.3 is 0 Å². The van der Waals surface area contributed by atoms with Gasteiger partial charge in [0.05, 0.1) is 12.8 Å². The second kappa shape index (κ2) is 5.61. The number of halogens is 1. The maximum absolute atomic E-state index is 13.7. The summed E-state index contributed by atoms with van der Waals surface area (Å²) in [6.45, 7) is 1.97. The van der Waals surface area contributed by atoms with Crippen molar-refractivity contribution < 1.29 is 9.13 Å². The van der Waals surface area contributed by atoms with Gasteiger partial charge in [-0.05, 0) is 42.8 Å². The fourth-order valence-electron chi connectivity index (χ4n) is 1.86. The topological polar surface area (TPSA) is 47.3 Å². The summed E-state index contributed by atoms with van der Waals surface area (Å²) in [4.78, 5) is 0. The lowest BCUT2D eigenvalue weighted by Gasteiger charge is -2.16. The van der Waals surface area contributed by atoms with E-state index in [4.69, 9.17) is 10.5 Å². The molecule has 0 heterocycles. The van der Waals surface area contributed by atoms with Crippen molar-refractivity contribution in [2.75, 3.05) is 18.2 Å². The van der Waals surface area contributed by atoms with E-state index >= 15 is 0 Å². The van der Waals surface area contributed by atoms with E-state index in [1.165, 1.54) is 6.07 Å². The van der Waals surface area contributed by atoms with Crippen LogP contribution in [0.25, 0.3) is 0 Å². The molecule has 0 aliphatic carbocycles. The quantitative estimate of drug-likeness (QED) is 0.826. The largest absolute Gasteiger partial charge is 0.497 e. The number of ether oxygens (including phenoxy) is 1. The van der Waals surface area contributed by atoms with Gasteiger partial charge in [0.25, 0.3) is 0 Å². The molecule has 2 aromatic carbocycles. The number of nitrogen functional groups attached to an aromatic ring is 1. The molecule has 0 bridgehead atoms. The molecule has 0 fully saturated rings. The van der Waals surface area contributed by atoms with Gasteiger partial charge in [0.1, 0.15) is 11.6 Å². The molecule has 3 N–H and O–H groups in total. The summed E-state index contributed by atoms with van der Waals surface area (Å²) in [5, 5.41) is 3.12. The third kappa shape index (κ3) is 3.16. The molecular weight excluding hydrogens is 243 g/mol. The molecule has 100 valence electrons. The van der Waals surface area contributed by atoms with E-state index in [1.807, 2.05) is 31.2 Å². The van der Waals surface area contributed by atoms with Gasteiger partial charge in [-0.25, -0.2) is 4.39 Å². The average molecular weight is 260 g/mol. The molecule has 2 rings (SSSR count). The van der Waals surface area contributed by atoms with Crippen molar-refractivity contribution in [2.45, 2.75) is 13.0 Å². The normalized spacial score (nSPS) is 11.9. The van der Waals surface area contributed by atoms with Crippen LogP contribution >= 0.6 is 0 Å². The molecule has 3 nitrogen and oxygen atoms in total. The second-order valence-corrected chi connectivity index (χ2v) is 4.38. The first kappa shape index (κ1) is 13.2. The van der Waals surface area contributed by atoms with Crippen molar-refractivity contribution in [3.8, 4) is 5.75 Å². The number of benzene rings is 2. The summed E-state index contributed by atoms with van der Waals surface area (Å²) < 4.78 is 18.8. The van der Waals surface area contributed by atoms with Gasteiger partial charge in [0.2, 0.25) is 0 Å². The summed E-state index contributed by atoms with van der Waals surface area (Å²) in [5.41, 5.74) is 7.43. The highest BCUT2D eigenvalue weighted by molar-refractivity contribution is 5.53. The Hall–Kier alpha value is -2.23. The Kier molecular flexibility index (Phi) is 3.90. The Balaban J connectivity index is 2.13. The first-order chi connectivity index (χ1) is 9.10. The predicted molar refractivity (Wildman–Crippen MR) is 75.8 cm³/mol. The number of nitrogens with one attached hydrogen (secondary N) is 1. The minimum atomic E-state index is -0.347. The zero-order valence-corrected chi connectivity index (χ0v) is 11.0. The number of methoxy groups -OCH3 is 1. The third-order valence-corrected chi connectivity index (χ3v) is 2.98. The summed E-state index contributed by atoms with van der Waals surface area (Å²) in [6, 6.07) is 12.3. The molecule has 0 aliphatic rings. The van der Waals surface area contributed by atoms with E-state index in [0.29, 0.717) is 11.4 Å². The minimum absolute atomic E-state index is 0.0102. The van der Waals surface area contributed by atoms with Crippen molar-refractivity contribution in [2.24, 2.45) is 0 Å². The molecule has 0 aromatic heterocycles. The van der Waals surface area contributed by atoms with Crippen molar-refractivity contribution in [1.29, 1.82) is 0 Å². The van der Waals surface area contributed by atoms with E-state index < -0.39 is 0 Å². The molecule has 0 spiro atoms. The molecular formula is C15H17FN2O. The van der Waals surface area contributed by atoms with Crippen LogP contribution in [0.15, 0.2) is 42.5 Å².